The van der Waals surface area contributed by atoms with Crippen molar-refractivity contribution in [3.63, 3.8) is 0 Å². The van der Waals surface area contributed by atoms with Gasteiger partial charge in [-0.2, -0.15) is 0 Å². The SMILES string of the molecule is COCC(C)N(CC1CCC(CNC(=O)c2cc(-c3ccc(N4CCN(C)CC4)nc3)nc3ccccc23)CC1)C(=O)O. The van der Waals surface area contributed by atoms with Gasteiger partial charge in [-0.15, -0.1) is 0 Å². The minimum atomic E-state index is -0.898. The molecule has 1 aromatic carbocycles. The zero-order valence-corrected chi connectivity index (χ0v) is 25.5. The predicted octanol–water partition coefficient (Wildman–Crippen LogP) is 4.60. The van der Waals surface area contributed by atoms with Gasteiger partial charge in [0.2, 0.25) is 0 Å². The second-order valence-electron chi connectivity index (χ2n) is 12.1. The van der Waals surface area contributed by atoms with Gasteiger partial charge in [-0.25, -0.2) is 14.8 Å². The van der Waals surface area contributed by atoms with Crippen molar-refractivity contribution in [2.24, 2.45) is 11.8 Å². The number of benzene rings is 1. The first-order chi connectivity index (χ1) is 20.8. The molecule has 1 saturated carbocycles. The maximum Gasteiger partial charge on any atom is 0.407 e. The van der Waals surface area contributed by atoms with Gasteiger partial charge in [-0.3, -0.25) is 4.79 Å². The topological polar surface area (TPSA) is 111 Å². The van der Waals surface area contributed by atoms with Gasteiger partial charge in [0.15, 0.2) is 0 Å². The molecule has 0 spiro atoms. The largest absolute Gasteiger partial charge is 0.465 e. The number of carboxylic acid groups (broad SMARTS) is 1. The molecule has 43 heavy (non-hydrogen) atoms. The Morgan fingerprint density at radius 1 is 1.07 bits per heavy atom. The summed E-state index contributed by atoms with van der Waals surface area (Å²) in [5.74, 6) is 1.55. The molecule has 1 atom stereocenters. The summed E-state index contributed by atoms with van der Waals surface area (Å²) >= 11 is 0. The Morgan fingerprint density at radius 2 is 1.79 bits per heavy atom. The highest BCUT2D eigenvalue weighted by Crippen LogP contribution is 2.30. The number of hydrogen-bond donors (Lipinski definition) is 2. The normalized spacial score (nSPS) is 20.1. The molecule has 230 valence electrons. The van der Waals surface area contributed by atoms with E-state index in [1.165, 1.54) is 4.90 Å². The maximum absolute atomic E-state index is 13.5. The third kappa shape index (κ3) is 7.61. The van der Waals surface area contributed by atoms with Crippen molar-refractivity contribution in [1.29, 1.82) is 0 Å². The fraction of sp³-hybridized carbons (Fsp3) is 0.515. The lowest BCUT2D eigenvalue weighted by molar-refractivity contribution is 0.0710. The number of carbonyl (C=O) groups excluding carboxylic acids is 1. The van der Waals surface area contributed by atoms with E-state index >= 15 is 0 Å². The van der Waals surface area contributed by atoms with E-state index in [4.69, 9.17) is 14.7 Å². The van der Waals surface area contributed by atoms with Gasteiger partial charge in [-0.1, -0.05) is 18.2 Å². The van der Waals surface area contributed by atoms with E-state index in [1.807, 2.05) is 55.6 Å². The van der Waals surface area contributed by atoms with Gasteiger partial charge in [0.25, 0.3) is 5.91 Å². The molecule has 1 saturated heterocycles. The van der Waals surface area contributed by atoms with Crippen LogP contribution in [-0.2, 0) is 4.74 Å². The first-order valence-corrected chi connectivity index (χ1v) is 15.4. The summed E-state index contributed by atoms with van der Waals surface area (Å²) in [5, 5.41) is 13.7. The summed E-state index contributed by atoms with van der Waals surface area (Å²) < 4.78 is 5.17. The van der Waals surface area contributed by atoms with Crippen molar-refractivity contribution in [3.8, 4) is 11.3 Å². The van der Waals surface area contributed by atoms with Crippen LogP contribution in [0.3, 0.4) is 0 Å². The third-order valence-corrected chi connectivity index (χ3v) is 8.99. The van der Waals surface area contributed by atoms with Crippen molar-refractivity contribution in [2.75, 3.05) is 64.9 Å². The number of likely N-dealkylation sites (N-methyl/N-ethyl adjacent to an activating group) is 1. The second-order valence-corrected chi connectivity index (χ2v) is 12.1. The predicted molar refractivity (Wildman–Crippen MR) is 169 cm³/mol. The molecule has 3 heterocycles. The minimum absolute atomic E-state index is 0.102. The van der Waals surface area contributed by atoms with Gasteiger partial charge < -0.3 is 29.9 Å². The van der Waals surface area contributed by atoms with E-state index in [-0.39, 0.29) is 11.9 Å². The molecule has 0 bridgehead atoms. The molecule has 5 rings (SSSR count). The van der Waals surface area contributed by atoms with Crippen LogP contribution in [-0.4, -0.2) is 103 Å². The van der Waals surface area contributed by atoms with Gasteiger partial charge >= 0.3 is 6.09 Å². The zero-order valence-electron chi connectivity index (χ0n) is 25.5. The molecule has 1 unspecified atom stereocenters. The molecule has 2 fully saturated rings. The number of fused-ring (bicyclic) bond motifs is 1. The molecule has 1 aliphatic heterocycles. The summed E-state index contributed by atoms with van der Waals surface area (Å²) in [6.45, 7) is 7.34. The zero-order chi connectivity index (χ0) is 30.3. The van der Waals surface area contributed by atoms with Crippen LogP contribution < -0.4 is 10.2 Å². The number of pyridine rings is 2. The lowest BCUT2D eigenvalue weighted by Gasteiger charge is -2.34. The van der Waals surface area contributed by atoms with E-state index < -0.39 is 6.09 Å². The lowest BCUT2D eigenvalue weighted by Crippen LogP contribution is -2.44. The van der Waals surface area contributed by atoms with E-state index in [1.54, 1.807) is 7.11 Å². The Bertz CT molecular complexity index is 1380. The van der Waals surface area contributed by atoms with Crippen molar-refractivity contribution in [1.82, 2.24) is 25.1 Å². The van der Waals surface area contributed by atoms with Gasteiger partial charge in [0.05, 0.1) is 29.4 Å². The highest BCUT2D eigenvalue weighted by atomic mass is 16.5. The summed E-state index contributed by atoms with van der Waals surface area (Å²) in [6, 6.07) is 13.5. The number of piperazine rings is 1. The number of rotatable bonds is 10. The number of methoxy groups -OCH3 is 1. The first-order valence-electron chi connectivity index (χ1n) is 15.4. The summed E-state index contributed by atoms with van der Waals surface area (Å²) in [6.07, 6.45) is 4.78. The number of para-hydroxylation sites is 1. The van der Waals surface area contributed by atoms with E-state index in [0.29, 0.717) is 37.1 Å². The Kier molecular flexibility index (Phi) is 10.1. The average Bonchev–Trinajstić information content (AvgIpc) is 3.03. The van der Waals surface area contributed by atoms with Gasteiger partial charge in [0.1, 0.15) is 5.82 Å². The monoisotopic (exact) mass is 588 g/mol. The second kappa shape index (κ2) is 14.1. The molecule has 1 aliphatic carbocycles. The summed E-state index contributed by atoms with van der Waals surface area (Å²) in [5.41, 5.74) is 3.00. The Balaban J connectivity index is 1.22. The molecule has 3 aromatic rings. The smallest absolute Gasteiger partial charge is 0.407 e. The first kappa shape index (κ1) is 30.7. The van der Waals surface area contributed by atoms with Crippen molar-refractivity contribution in [3.05, 3.63) is 54.2 Å². The van der Waals surface area contributed by atoms with Crippen molar-refractivity contribution < 1.29 is 19.4 Å². The van der Waals surface area contributed by atoms with Crippen LogP contribution in [0.4, 0.5) is 10.6 Å². The van der Waals surface area contributed by atoms with Crippen LogP contribution in [0, 0.1) is 11.8 Å². The Hall–Kier alpha value is -3.76. The highest BCUT2D eigenvalue weighted by Gasteiger charge is 2.28. The number of aromatic nitrogens is 2. The molecule has 10 heteroatoms. The fourth-order valence-corrected chi connectivity index (χ4v) is 6.28. The van der Waals surface area contributed by atoms with Crippen LogP contribution in [0.1, 0.15) is 43.0 Å². The Labute approximate surface area is 254 Å². The molecule has 2 N–H and O–H groups in total. The molecular formula is C33H44N6O4. The van der Waals surface area contributed by atoms with Crippen LogP contribution in [0.5, 0.6) is 0 Å². The minimum Gasteiger partial charge on any atom is -0.465 e. The number of nitrogens with one attached hydrogen (secondary N) is 1. The van der Waals surface area contributed by atoms with E-state index in [9.17, 15) is 14.7 Å². The molecule has 10 nitrogen and oxygen atoms in total. The average molecular weight is 589 g/mol. The number of carbonyl (C=O) groups is 2. The quantitative estimate of drug-likeness (QED) is 0.354. The molecule has 2 aliphatic rings. The molecule has 2 aromatic heterocycles. The van der Waals surface area contributed by atoms with Gasteiger partial charge in [-0.05, 0) is 75.8 Å². The number of amides is 2. The third-order valence-electron chi connectivity index (χ3n) is 8.99. The molecular weight excluding hydrogens is 544 g/mol. The standard InChI is InChI=1S/C33H44N6O4/c1-23(22-43-3)39(33(41)42)21-25-10-8-24(9-11-25)19-35-32(40)28-18-30(36-29-7-5-4-6-27(28)29)26-12-13-31(34-20-26)38-16-14-37(2)15-17-38/h4-7,12-13,18,20,23-25H,8-11,14-17,19,21-22H2,1-3H3,(H,35,40)(H,41,42). The molecule has 0 radical (unpaired) electrons. The van der Waals surface area contributed by atoms with Crippen molar-refractivity contribution in [2.45, 2.75) is 38.6 Å². The summed E-state index contributed by atoms with van der Waals surface area (Å²) in [7, 11) is 3.73. The van der Waals surface area contributed by atoms with Crippen LogP contribution >= 0.6 is 0 Å². The number of hydrogen-bond acceptors (Lipinski definition) is 7. The number of ether oxygens (including phenoxy) is 1. The number of nitrogens with zero attached hydrogens (tertiary/aromatic N) is 5. The van der Waals surface area contributed by atoms with E-state index in [0.717, 1.165) is 79.8 Å². The highest BCUT2D eigenvalue weighted by molar-refractivity contribution is 6.07. The Morgan fingerprint density at radius 3 is 2.47 bits per heavy atom. The van der Waals surface area contributed by atoms with Crippen LogP contribution in [0.2, 0.25) is 0 Å². The summed E-state index contributed by atoms with van der Waals surface area (Å²) in [4.78, 5) is 41.0. The van der Waals surface area contributed by atoms with Gasteiger partial charge in [0, 0.05) is 63.5 Å². The van der Waals surface area contributed by atoms with Crippen LogP contribution in [0.15, 0.2) is 48.7 Å². The maximum atomic E-state index is 13.5. The van der Waals surface area contributed by atoms with Crippen molar-refractivity contribution >= 4 is 28.7 Å². The van der Waals surface area contributed by atoms with Crippen LogP contribution in [0.25, 0.3) is 22.2 Å². The molecule has 2 amide bonds. The number of anilines is 1. The van der Waals surface area contributed by atoms with E-state index in [2.05, 4.69) is 22.2 Å². The fourth-order valence-electron chi connectivity index (χ4n) is 6.28. The lowest BCUT2D eigenvalue weighted by atomic mass is 9.81.